The van der Waals surface area contributed by atoms with Gasteiger partial charge in [0.25, 0.3) is 0 Å². The van der Waals surface area contributed by atoms with Crippen LogP contribution >= 0.6 is 0 Å². The van der Waals surface area contributed by atoms with Crippen LogP contribution in [0, 0.1) is 11.6 Å². The summed E-state index contributed by atoms with van der Waals surface area (Å²) in [6, 6.07) is 2.16. The van der Waals surface area contributed by atoms with Gasteiger partial charge in [0.15, 0.2) is 0 Å². The van der Waals surface area contributed by atoms with Crippen LogP contribution in [-0.2, 0) is 16.1 Å². The summed E-state index contributed by atoms with van der Waals surface area (Å²) in [5, 5.41) is 0. The Balaban J connectivity index is 1.86. The average Bonchev–Trinajstić information content (AvgIpc) is 2.90. The third kappa shape index (κ3) is 2.39. The van der Waals surface area contributed by atoms with Gasteiger partial charge < -0.3 is 9.80 Å². The summed E-state index contributed by atoms with van der Waals surface area (Å²) >= 11 is 0. The second-order valence-corrected chi connectivity index (χ2v) is 5.61. The normalized spacial score (nSPS) is 25.5. The standard InChI is InChI=1S/C15H16F2N2O2/c1-9-14(20)18-4-2-3-13(18)15(21)19(9)8-10-5-11(16)7-12(17)6-10/h5-7,9,13H,2-4,8H2,1H3/t9-,13-/m0/s1. The van der Waals surface area contributed by atoms with Gasteiger partial charge in [0.1, 0.15) is 23.7 Å². The quantitative estimate of drug-likeness (QED) is 0.833. The third-order valence-electron chi connectivity index (χ3n) is 4.20. The molecular formula is C15H16F2N2O2. The highest BCUT2D eigenvalue weighted by Gasteiger charge is 2.45. The summed E-state index contributed by atoms with van der Waals surface area (Å²) in [4.78, 5) is 27.8. The lowest BCUT2D eigenvalue weighted by Gasteiger charge is -2.41. The molecule has 2 saturated heterocycles. The average molecular weight is 294 g/mol. The lowest BCUT2D eigenvalue weighted by atomic mass is 10.0. The third-order valence-corrected chi connectivity index (χ3v) is 4.20. The first-order valence-electron chi connectivity index (χ1n) is 7.03. The summed E-state index contributed by atoms with van der Waals surface area (Å²) < 4.78 is 26.5. The van der Waals surface area contributed by atoms with E-state index in [1.807, 2.05) is 0 Å². The number of halogens is 2. The van der Waals surface area contributed by atoms with Crippen LogP contribution in [0.3, 0.4) is 0 Å². The fraction of sp³-hybridized carbons (Fsp3) is 0.467. The van der Waals surface area contributed by atoms with Gasteiger partial charge in [0, 0.05) is 19.2 Å². The molecule has 2 fully saturated rings. The molecule has 2 aliphatic rings. The Kier molecular flexibility index (Phi) is 3.39. The number of hydrogen-bond acceptors (Lipinski definition) is 2. The first-order valence-corrected chi connectivity index (χ1v) is 7.03. The van der Waals surface area contributed by atoms with Crippen molar-refractivity contribution in [1.29, 1.82) is 0 Å². The highest BCUT2D eigenvalue weighted by Crippen LogP contribution is 2.28. The Hall–Kier alpha value is -1.98. The first kappa shape index (κ1) is 14.0. The number of carbonyl (C=O) groups excluding carboxylic acids is 2. The largest absolute Gasteiger partial charge is 0.329 e. The lowest BCUT2D eigenvalue weighted by Crippen LogP contribution is -2.61. The summed E-state index contributed by atoms with van der Waals surface area (Å²) in [6.07, 6.45) is 1.47. The topological polar surface area (TPSA) is 40.6 Å². The van der Waals surface area contributed by atoms with Gasteiger partial charge in [-0.05, 0) is 37.5 Å². The maximum atomic E-state index is 13.2. The minimum Gasteiger partial charge on any atom is -0.329 e. The summed E-state index contributed by atoms with van der Waals surface area (Å²) in [7, 11) is 0. The van der Waals surface area contributed by atoms with E-state index >= 15 is 0 Å². The molecule has 0 saturated carbocycles. The number of amides is 2. The second kappa shape index (κ2) is 5.09. The van der Waals surface area contributed by atoms with Crippen molar-refractivity contribution in [2.24, 2.45) is 0 Å². The summed E-state index contributed by atoms with van der Waals surface area (Å²) in [5.74, 6) is -1.59. The van der Waals surface area contributed by atoms with Crippen LogP contribution in [0.15, 0.2) is 18.2 Å². The van der Waals surface area contributed by atoms with Gasteiger partial charge in [0.2, 0.25) is 11.8 Å². The van der Waals surface area contributed by atoms with Gasteiger partial charge in [0.05, 0.1) is 0 Å². The van der Waals surface area contributed by atoms with E-state index in [1.165, 1.54) is 17.0 Å². The van der Waals surface area contributed by atoms with E-state index in [2.05, 4.69) is 0 Å². The SMILES string of the molecule is C[C@H]1C(=O)N2CCC[C@H]2C(=O)N1Cc1cc(F)cc(F)c1. The predicted octanol–water partition coefficient (Wildman–Crippen LogP) is 1.69. The Labute approximate surface area is 121 Å². The fourth-order valence-electron chi connectivity index (χ4n) is 3.16. The van der Waals surface area contributed by atoms with Gasteiger partial charge in [-0.25, -0.2) is 8.78 Å². The monoisotopic (exact) mass is 294 g/mol. The van der Waals surface area contributed by atoms with Crippen molar-refractivity contribution in [1.82, 2.24) is 9.80 Å². The molecule has 1 aromatic rings. The second-order valence-electron chi connectivity index (χ2n) is 5.61. The molecule has 0 spiro atoms. The fourth-order valence-corrected chi connectivity index (χ4v) is 3.16. The molecule has 2 amide bonds. The molecule has 6 heteroatoms. The Morgan fingerprint density at radius 2 is 1.81 bits per heavy atom. The molecule has 4 nitrogen and oxygen atoms in total. The van der Waals surface area contributed by atoms with Gasteiger partial charge in [-0.15, -0.1) is 0 Å². The van der Waals surface area contributed by atoms with E-state index < -0.39 is 23.7 Å². The maximum absolute atomic E-state index is 13.2. The molecular weight excluding hydrogens is 278 g/mol. The number of carbonyl (C=O) groups is 2. The molecule has 112 valence electrons. The van der Waals surface area contributed by atoms with Gasteiger partial charge in [-0.3, -0.25) is 9.59 Å². The van der Waals surface area contributed by atoms with Crippen LogP contribution in [0.2, 0.25) is 0 Å². The van der Waals surface area contributed by atoms with Crippen molar-refractivity contribution in [3.8, 4) is 0 Å². The van der Waals surface area contributed by atoms with E-state index in [-0.39, 0.29) is 18.4 Å². The van der Waals surface area contributed by atoms with E-state index in [9.17, 15) is 18.4 Å². The number of benzene rings is 1. The molecule has 0 unspecified atom stereocenters. The van der Waals surface area contributed by atoms with E-state index in [0.29, 0.717) is 18.5 Å². The molecule has 2 atom stereocenters. The van der Waals surface area contributed by atoms with E-state index in [1.54, 1.807) is 11.8 Å². The molecule has 21 heavy (non-hydrogen) atoms. The molecule has 0 N–H and O–H groups in total. The number of piperazine rings is 1. The highest BCUT2D eigenvalue weighted by molar-refractivity contribution is 5.97. The van der Waals surface area contributed by atoms with Crippen LogP contribution in [0.5, 0.6) is 0 Å². The summed E-state index contributed by atoms with van der Waals surface area (Å²) in [6.45, 7) is 2.32. The maximum Gasteiger partial charge on any atom is 0.246 e. The Bertz CT molecular complexity index is 585. The van der Waals surface area contributed by atoms with Gasteiger partial charge >= 0.3 is 0 Å². The van der Waals surface area contributed by atoms with Crippen molar-refractivity contribution in [3.05, 3.63) is 35.4 Å². The van der Waals surface area contributed by atoms with E-state index in [4.69, 9.17) is 0 Å². The predicted molar refractivity (Wildman–Crippen MR) is 71.1 cm³/mol. The number of hydrogen-bond donors (Lipinski definition) is 0. The molecule has 0 bridgehead atoms. The molecule has 2 aliphatic heterocycles. The van der Waals surface area contributed by atoms with Crippen LogP contribution in [0.4, 0.5) is 8.78 Å². The Morgan fingerprint density at radius 3 is 2.48 bits per heavy atom. The molecule has 3 rings (SSSR count). The van der Waals surface area contributed by atoms with Crippen molar-refractivity contribution < 1.29 is 18.4 Å². The summed E-state index contributed by atoms with van der Waals surface area (Å²) in [5.41, 5.74) is 0.354. The van der Waals surface area contributed by atoms with Crippen LogP contribution < -0.4 is 0 Å². The molecule has 0 aliphatic carbocycles. The molecule has 0 radical (unpaired) electrons. The zero-order chi connectivity index (χ0) is 15.1. The van der Waals surface area contributed by atoms with E-state index in [0.717, 1.165) is 12.5 Å². The molecule has 0 aromatic heterocycles. The van der Waals surface area contributed by atoms with Crippen molar-refractivity contribution in [3.63, 3.8) is 0 Å². The van der Waals surface area contributed by atoms with Crippen LogP contribution in [0.25, 0.3) is 0 Å². The van der Waals surface area contributed by atoms with Crippen molar-refractivity contribution in [2.45, 2.75) is 38.4 Å². The number of fused-ring (bicyclic) bond motifs is 1. The zero-order valence-electron chi connectivity index (χ0n) is 11.7. The lowest BCUT2D eigenvalue weighted by molar-refractivity contribution is -0.159. The molecule has 1 aromatic carbocycles. The smallest absolute Gasteiger partial charge is 0.246 e. The Morgan fingerprint density at radius 1 is 1.14 bits per heavy atom. The van der Waals surface area contributed by atoms with Crippen LogP contribution in [0.1, 0.15) is 25.3 Å². The van der Waals surface area contributed by atoms with Crippen molar-refractivity contribution >= 4 is 11.8 Å². The molecule has 2 heterocycles. The number of rotatable bonds is 2. The minimum atomic E-state index is -0.684. The number of nitrogens with zero attached hydrogens (tertiary/aromatic N) is 2. The minimum absolute atomic E-state index is 0.0464. The highest BCUT2D eigenvalue weighted by atomic mass is 19.1. The van der Waals surface area contributed by atoms with Crippen molar-refractivity contribution in [2.75, 3.05) is 6.54 Å². The zero-order valence-corrected chi connectivity index (χ0v) is 11.7. The van der Waals surface area contributed by atoms with Crippen LogP contribution in [-0.4, -0.2) is 40.2 Å². The van der Waals surface area contributed by atoms with Gasteiger partial charge in [-0.2, -0.15) is 0 Å². The first-order chi connectivity index (χ1) is 9.97. The van der Waals surface area contributed by atoms with Gasteiger partial charge in [-0.1, -0.05) is 0 Å².